The summed E-state index contributed by atoms with van der Waals surface area (Å²) < 4.78 is 43.4. The van der Waals surface area contributed by atoms with Gasteiger partial charge in [0.25, 0.3) is 5.92 Å². The van der Waals surface area contributed by atoms with Crippen molar-refractivity contribution in [1.82, 2.24) is 0 Å². The number of esters is 1. The minimum Gasteiger partial charge on any atom is -0.493 e. The molecule has 1 aromatic rings. The highest BCUT2D eigenvalue weighted by atomic mass is 32.2. The monoisotopic (exact) mass is 344 g/mol. The van der Waals surface area contributed by atoms with Crippen LogP contribution in [0.3, 0.4) is 0 Å². The number of benzene rings is 1. The number of fused-ring (bicyclic) bond motifs is 1. The average Bonchev–Trinajstić information content (AvgIpc) is 2.57. The van der Waals surface area contributed by atoms with Crippen molar-refractivity contribution in [3.05, 3.63) is 28.7 Å². The smallest absolute Gasteiger partial charge is 0.305 e. The van der Waals surface area contributed by atoms with E-state index in [1.54, 1.807) is 12.1 Å². The normalized spacial score (nSPS) is 13.9. The Morgan fingerprint density at radius 2 is 1.87 bits per heavy atom. The van der Waals surface area contributed by atoms with E-state index in [1.807, 2.05) is 0 Å². The zero-order valence-corrected chi connectivity index (χ0v) is 14.0. The van der Waals surface area contributed by atoms with Gasteiger partial charge in [-0.15, -0.1) is 0 Å². The molecule has 0 unspecified atom stereocenters. The fourth-order valence-corrected chi connectivity index (χ4v) is 3.32. The molecule has 1 aliphatic rings. The molecule has 0 amide bonds. The molecule has 2 rings (SSSR count). The van der Waals surface area contributed by atoms with E-state index in [4.69, 9.17) is 9.47 Å². The van der Waals surface area contributed by atoms with Gasteiger partial charge in [0.05, 0.1) is 32.7 Å². The Morgan fingerprint density at radius 3 is 2.48 bits per heavy atom. The zero-order chi connectivity index (χ0) is 17.0. The largest absolute Gasteiger partial charge is 0.493 e. The van der Waals surface area contributed by atoms with Crippen molar-refractivity contribution in [1.29, 1.82) is 0 Å². The van der Waals surface area contributed by atoms with Crippen molar-refractivity contribution in [2.45, 2.75) is 30.1 Å². The van der Waals surface area contributed by atoms with Gasteiger partial charge in [-0.25, -0.2) is 8.78 Å². The third-order valence-electron chi connectivity index (χ3n) is 3.53. The summed E-state index contributed by atoms with van der Waals surface area (Å²) in [6.45, 7) is 0. The zero-order valence-electron chi connectivity index (χ0n) is 13.2. The van der Waals surface area contributed by atoms with Gasteiger partial charge in [-0.05, 0) is 24.1 Å². The summed E-state index contributed by atoms with van der Waals surface area (Å²) >= 11 is 0.995. The van der Waals surface area contributed by atoms with Crippen molar-refractivity contribution < 1.29 is 27.8 Å². The maximum Gasteiger partial charge on any atom is 0.305 e. The molecular weight excluding hydrogens is 326 g/mol. The molecule has 7 heteroatoms. The minimum absolute atomic E-state index is 0.0545. The molecule has 0 spiro atoms. The number of hydrogen-bond acceptors (Lipinski definition) is 5. The van der Waals surface area contributed by atoms with Crippen LogP contribution in [0.4, 0.5) is 8.78 Å². The lowest BCUT2D eigenvalue weighted by Crippen LogP contribution is -2.21. The second-order valence-electron chi connectivity index (χ2n) is 4.97. The summed E-state index contributed by atoms with van der Waals surface area (Å²) in [5.41, 5.74) is 0.903. The third kappa shape index (κ3) is 3.96. The van der Waals surface area contributed by atoms with E-state index in [1.165, 1.54) is 27.4 Å². The molecule has 1 aliphatic heterocycles. The Bertz CT molecular complexity index is 629. The van der Waals surface area contributed by atoms with E-state index in [2.05, 4.69) is 4.74 Å². The first kappa shape index (κ1) is 17.6. The minimum atomic E-state index is -3.07. The quantitative estimate of drug-likeness (QED) is 0.734. The number of rotatable bonds is 6. The number of ether oxygens (including phenoxy) is 3. The fraction of sp³-hybridized carbons (Fsp3) is 0.438. The molecule has 0 N–H and O–H groups in total. The van der Waals surface area contributed by atoms with E-state index in [0.29, 0.717) is 22.8 Å². The van der Waals surface area contributed by atoms with Crippen LogP contribution in [0.1, 0.15) is 18.4 Å². The molecule has 0 aliphatic carbocycles. The number of alkyl halides is 2. The predicted molar refractivity (Wildman–Crippen MR) is 83.4 cm³/mol. The van der Waals surface area contributed by atoms with Gasteiger partial charge in [0.1, 0.15) is 0 Å². The number of thioether (sulfide) groups is 1. The van der Waals surface area contributed by atoms with Crippen molar-refractivity contribution in [2.24, 2.45) is 0 Å². The maximum atomic E-state index is 14.3. The molecule has 0 bridgehead atoms. The molecule has 1 aromatic carbocycles. The first-order chi connectivity index (χ1) is 10.9. The molecule has 126 valence electrons. The Morgan fingerprint density at radius 1 is 1.22 bits per heavy atom. The van der Waals surface area contributed by atoms with Gasteiger partial charge in [-0.2, -0.15) is 0 Å². The first-order valence-electron chi connectivity index (χ1n) is 6.99. The van der Waals surface area contributed by atoms with Crippen LogP contribution in [0.25, 0.3) is 0 Å². The molecule has 0 atom stereocenters. The van der Waals surface area contributed by atoms with Crippen molar-refractivity contribution in [3.63, 3.8) is 0 Å². The molecule has 0 saturated carbocycles. The molecule has 0 aromatic heterocycles. The van der Waals surface area contributed by atoms with Gasteiger partial charge in [0.2, 0.25) is 0 Å². The summed E-state index contributed by atoms with van der Waals surface area (Å²) in [4.78, 5) is 11.7. The van der Waals surface area contributed by atoms with Crippen LogP contribution in [0.5, 0.6) is 11.5 Å². The molecule has 23 heavy (non-hydrogen) atoms. The Kier molecular flexibility index (Phi) is 5.51. The summed E-state index contributed by atoms with van der Waals surface area (Å²) in [6, 6.07) is 3.49. The number of methoxy groups -OCH3 is 3. The number of hydrogen-bond donors (Lipinski definition) is 0. The summed E-state index contributed by atoms with van der Waals surface area (Å²) in [6.07, 6.45) is 0.989. The van der Waals surface area contributed by atoms with Gasteiger partial charge in [0.15, 0.2) is 11.5 Å². The van der Waals surface area contributed by atoms with Crippen molar-refractivity contribution >= 4 is 17.7 Å². The van der Waals surface area contributed by atoms with Crippen LogP contribution in [0, 0.1) is 0 Å². The van der Waals surface area contributed by atoms with E-state index in [-0.39, 0.29) is 11.3 Å². The van der Waals surface area contributed by atoms with Crippen LogP contribution in [0.15, 0.2) is 28.0 Å². The molecule has 4 nitrogen and oxygen atoms in total. The highest BCUT2D eigenvalue weighted by molar-refractivity contribution is 8.03. The topological polar surface area (TPSA) is 44.8 Å². The Labute approximate surface area is 137 Å². The number of allylic oxidation sites excluding steroid dienone is 2. The van der Waals surface area contributed by atoms with Crippen molar-refractivity contribution in [2.75, 3.05) is 21.3 Å². The SMILES string of the molecule is COC(=O)CCC(F)(F)C1=CCc2cc(OC)c(OC)cc2S1. The molecular formula is C16H18F2O4S. The summed E-state index contributed by atoms with van der Waals surface area (Å²) in [7, 11) is 4.22. The van der Waals surface area contributed by atoms with Crippen LogP contribution in [0.2, 0.25) is 0 Å². The van der Waals surface area contributed by atoms with Crippen LogP contribution in [-0.2, 0) is 16.0 Å². The lowest BCUT2D eigenvalue weighted by molar-refractivity contribution is -0.142. The van der Waals surface area contributed by atoms with Crippen LogP contribution in [-0.4, -0.2) is 33.2 Å². The predicted octanol–water partition coefficient (Wildman–Crippen LogP) is 3.82. The molecule has 0 saturated heterocycles. The van der Waals surface area contributed by atoms with Gasteiger partial charge in [-0.1, -0.05) is 17.8 Å². The van der Waals surface area contributed by atoms with Crippen LogP contribution < -0.4 is 9.47 Å². The average molecular weight is 344 g/mol. The van der Waals surface area contributed by atoms with E-state index < -0.39 is 18.3 Å². The molecule has 0 fully saturated rings. The summed E-state index contributed by atoms with van der Waals surface area (Å²) in [5, 5.41) is 0. The number of halogens is 2. The van der Waals surface area contributed by atoms with E-state index in [0.717, 1.165) is 17.3 Å². The lowest BCUT2D eigenvalue weighted by Gasteiger charge is -2.24. The Hall–Kier alpha value is -1.76. The van der Waals surface area contributed by atoms with Crippen molar-refractivity contribution in [3.8, 4) is 11.5 Å². The second kappa shape index (κ2) is 7.21. The lowest BCUT2D eigenvalue weighted by atomic mass is 10.1. The molecule has 0 radical (unpaired) electrons. The van der Waals surface area contributed by atoms with Crippen LogP contribution >= 0.6 is 11.8 Å². The maximum absolute atomic E-state index is 14.3. The second-order valence-corrected chi connectivity index (χ2v) is 6.05. The summed E-state index contributed by atoms with van der Waals surface area (Å²) in [5.74, 6) is -2.64. The number of carbonyl (C=O) groups is 1. The van der Waals surface area contributed by atoms with E-state index >= 15 is 0 Å². The van der Waals surface area contributed by atoms with Gasteiger partial charge in [0, 0.05) is 11.3 Å². The molecule has 1 heterocycles. The first-order valence-corrected chi connectivity index (χ1v) is 7.81. The fourth-order valence-electron chi connectivity index (χ4n) is 2.23. The highest BCUT2D eigenvalue weighted by Gasteiger charge is 2.37. The van der Waals surface area contributed by atoms with Gasteiger partial charge >= 0.3 is 5.97 Å². The van der Waals surface area contributed by atoms with E-state index in [9.17, 15) is 13.6 Å². The van der Waals surface area contributed by atoms with Gasteiger partial charge in [-0.3, -0.25) is 4.79 Å². The third-order valence-corrected chi connectivity index (χ3v) is 4.81. The highest BCUT2D eigenvalue weighted by Crippen LogP contribution is 2.47. The Balaban J connectivity index is 2.18. The standard InChI is InChI=1S/C16H18F2O4S/c1-20-11-8-10-4-5-14(23-13(10)9-12(11)21-2)16(17,18)7-6-15(19)22-3/h5,8-9H,4,6-7H2,1-3H3. The number of carbonyl (C=O) groups excluding carboxylic acids is 1. The van der Waals surface area contributed by atoms with Gasteiger partial charge < -0.3 is 14.2 Å².